The average Bonchev–Trinajstić information content (AvgIpc) is 3.13. The van der Waals surface area contributed by atoms with Gasteiger partial charge in [0.2, 0.25) is 5.91 Å². The Hall–Kier alpha value is -2.37. The van der Waals surface area contributed by atoms with Crippen LogP contribution in [0.2, 0.25) is 0 Å². The van der Waals surface area contributed by atoms with Crippen molar-refractivity contribution in [3.8, 4) is 0 Å². The predicted octanol–water partition coefficient (Wildman–Crippen LogP) is 2.49. The number of fused-ring (bicyclic) bond motifs is 1. The molecular weight excluding hydrogens is 332 g/mol. The molecule has 1 aromatic carbocycles. The number of carbonyl (C=O) groups excluding carboxylic acids is 3. The lowest BCUT2D eigenvalue weighted by atomic mass is 10.0. The summed E-state index contributed by atoms with van der Waals surface area (Å²) in [7, 11) is 1.37. The molecule has 1 saturated heterocycles. The SMILES string of the molecule is COC(=O)N1CCC(NC(=O)CCC(=O)c2ccc3c(c2)CCC3)CC1. The first-order chi connectivity index (χ1) is 12.6. The lowest BCUT2D eigenvalue weighted by Gasteiger charge is -2.31. The quantitative estimate of drug-likeness (QED) is 0.821. The Morgan fingerprint density at radius 3 is 2.58 bits per heavy atom. The molecule has 140 valence electrons. The molecule has 6 nitrogen and oxygen atoms in total. The molecule has 2 aliphatic rings. The Bertz CT molecular complexity index is 693. The third-order valence-corrected chi connectivity index (χ3v) is 5.29. The second kappa shape index (κ2) is 8.34. The Labute approximate surface area is 153 Å². The van der Waals surface area contributed by atoms with Gasteiger partial charge in [-0.25, -0.2) is 4.79 Å². The van der Waals surface area contributed by atoms with E-state index < -0.39 is 0 Å². The van der Waals surface area contributed by atoms with Crippen LogP contribution < -0.4 is 5.32 Å². The lowest BCUT2D eigenvalue weighted by molar-refractivity contribution is -0.122. The van der Waals surface area contributed by atoms with E-state index in [-0.39, 0.29) is 36.7 Å². The van der Waals surface area contributed by atoms with E-state index in [1.54, 1.807) is 4.90 Å². The van der Waals surface area contributed by atoms with E-state index >= 15 is 0 Å². The Morgan fingerprint density at radius 2 is 1.85 bits per heavy atom. The van der Waals surface area contributed by atoms with Gasteiger partial charge < -0.3 is 15.0 Å². The smallest absolute Gasteiger partial charge is 0.409 e. The number of nitrogens with one attached hydrogen (secondary N) is 1. The van der Waals surface area contributed by atoms with Gasteiger partial charge in [-0.2, -0.15) is 0 Å². The first-order valence-corrected chi connectivity index (χ1v) is 9.34. The molecule has 1 N–H and O–H groups in total. The number of rotatable bonds is 5. The van der Waals surface area contributed by atoms with Gasteiger partial charge in [-0.3, -0.25) is 9.59 Å². The van der Waals surface area contributed by atoms with Crippen LogP contribution in [0.5, 0.6) is 0 Å². The van der Waals surface area contributed by atoms with Crippen LogP contribution in [-0.4, -0.2) is 48.9 Å². The van der Waals surface area contributed by atoms with Crippen LogP contribution in [-0.2, 0) is 22.4 Å². The molecule has 0 unspecified atom stereocenters. The fraction of sp³-hybridized carbons (Fsp3) is 0.550. The Balaban J connectivity index is 1.42. The average molecular weight is 358 g/mol. The highest BCUT2D eigenvalue weighted by atomic mass is 16.5. The molecular formula is C20H26N2O4. The van der Waals surface area contributed by atoms with Gasteiger partial charge in [-0.1, -0.05) is 12.1 Å². The molecule has 0 atom stereocenters. The zero-order valence-corrected chi connectivity index (χ0v) is 15.3. The van der Waals surface area contributed by atoms with Gasteiger partial charge in [-0.05, 0) is 49.3 Å². The molecule has 1 fully saturated rings. The summed E-state index contributed by atoms with van der Waals surface area (Å²) in [6.45, 7) is 1.15. The Kier molecular flexibility index (Phi) is 5.91. The van der Waals surface area contributed by atoms with Crippen LogP contribution in [0.25, 0.3) is 0 Å². The van der Waals surface area contributed by atoms with Gasteiger partial charge in [0.25, 0.3) is 0 Å². The fourth-order valence-corrected chi connectivity index (χ4v) is 3.75. The van der Waals surface area contributed by atoms with Gasteiger partial charge in [-0.15, -0.1) is 0 Å². The van der Waals surface area contributed by atoms with Crippen molar-refractivity contribution in [1.82, 2.24) is 10.2 Å². The number of likely N-dealkylation sites (tertiary alicyclic amines) is 1. The normalized spacial score (nSPS) is 16.9. The van der Waals surface area contributed by atoms with Crippen molar-refractivity contribution in [2.24, 2.45) is 0 Å². The molecule has 0 radical (unpaired) electrons. The van der Waals surface area contributed by atoms with E-state index in [0.717, 1.165) is 19.3 Å². The maximum Gasteiger partial charge on any atom is 0.409 e. The van der Waals surface area contributed by atoms with E-state index in [9.17, 15) is 14.4 Å². The first-order valence-electron chi connectivity index (χ1n) is 9.34. The minimum Gasteiger partial charge on any atom is -0.453 e. The lowest BCUT2D eigenvalue weighted by Crippen LogP contribution is -2.46. The van der Waals surface area contributed by atoms with Gasteiger partial charge >= 0.3 is 6.09 Å². The highest BCUT2D eigenvalue weighted by Crippen LogP contribution is 2.23. The largest absolute Gasteiger partial charge is 0.453 e. The number of nitrogens with zero attached hydrogens (tertiary/aromatic N) is 1. The van der Waals surface area contributed by atoms with E-state index in [1.165, 1.54) is 18.2 Å². The first kappa shape index (κ1) is 18.4. The summed E-state index contributed by atoms with van der Waals surface area (Å²) in [4.78, 5) is 37.6. The fourth-order valence-electron chi connectivity index (χ4n) is 3.75. The number of hydrogen-bond acceptors (Lipinski definition) is 4. The number of ether oxygens (including phenoxy) is 1. The number of benzene rings is 1. The number of hydrogen-bond donors (Lipinski definition) is 1. The van der Waals surface area contributed by atoms with Crippen molar-refractivity contribution in [2.75, 3.05) is 20.2 Å². The number of methoxy groups -OCH3 is 1. The predicted molar refractivity (Wildman–Crippen MR) is 97.2 cm³/mol. The highest BCUT2D eigenvalue weighted by molar-refractivity contribution is 5.98. The highest BCUT2D eigenvalue weighted by Gasteiger charge is 2.24. The van der Waals surface area contributed by atoms with Gasteiger partial charge in [0.15, 0.2) is 5.78 Å². The third-order valence-electron chi connectivity index (χ3n) is 5.29. The number of aryl methyl sites for hydroxylation is 2. The monoisotopic (exact) mass is 358 g/mol. The van der Waals surface area contributed by atoms with Gasteiger partial charge in [0.05, 0.1) is 7.11 Å². The number of amides is 2. The molecule has 0 bridgehead atoms. The Morgan fingerprint density at radius 1 is 1.12 bits per heavy atom. The van der Waals surface area contributed by atoms with Crippen LogP contribution in [0.15, 0.2) is 18.2 Å². The molecule has 1 aromatic rings. The summed E-state index contributed by atoms with van der Waals surface area (Å²) in [6.07, 6.45) is 4.82. The standard InChI is InChI=1S/C20H26N2O4/c1-26-20(25)22-11-9-17(10-12-22)21-19(24)8-7-18(23)16-6-5-14-3-2-4-15(14)13-16/h5-6,13,17H,2-4,7-12H2,1H3,(H,21,24). The zero-order valence-electron chi connectivity index (χ0n) is 15.3. The van der Waals surface area contributed by atoms with Crippen molar-refractivity contribution >= 4 is 17.8 Å². The number of carbonyl (C=O) groups is 3. The van der Waals surface area contributed by atoms with Crippen molar-refractivity contribution < 1.29 is 19.1 Å². The van der Waals surface area contributed by atoms with Gasteiger partial charge in [0, 0.05) is 37.5 Å². The molecule has 6 heteroatoms. The summed E-state index contributed by atoms with van der Waals surface area (Å²) in [5.74, 6) is -0.0774. The van der Waals surface area contributed by atoms with E-state index in [4.69, 9.17) is 4.74 Å². The minimum atomic E-state index is -0.324. The summed E-state index contributed by atoms with van der Waals surface area (Å²) in [5.41, 5.74) is 3.33. The van der Waals surface area contributed by atoms with Crippen LogP contribution in [0.4, 0.5) is 4.79 Å². The molecule has 0 aromatic heterocycles. The van der Waals surface area contributed by atoms with Crippen molar-refractivity contribution in [3.63, 3.8) is 0 Å². The zero-order chi connectivity index (χ0) is 18.5. The van der Waals surface area contributed by atoms with E-state index in [1.807, 2.05) is 18.2 Å². The third kappa shape index (κ3) is 4.42. The van der Waals surface area contributed by atoms with Crippen LogP contribution in [0, 0.1) is 0 Å². The summed E-state index contributed by atoms with van der Waals surface area (Å²) in [6, 6.07) is 5.97. The molecule has 26 heavy (non-hydrogen) atoms. The maximum atomic E-state index is 12.4. The van der Waals surface area contributed by atoms with Crippen molar-refractivity contribution in [2.45, 2.75) is 51.0 Å². The molecule has 2 amide bonds. The molecule has 0 saturated carbocycles. The van der Waals surface area contributed by atoms with Crippen LogP contribution in [0.1, 0.15) is 53.6 Å². The summed E-state index contributed by atoms with van der Waals surface area (Å²) >= 11 is 0. The van der Waals surface area contributed by atoms with E-state index in [0.29, 0.717) is 31.5 Å². The molecule has 1 aliphatic heterocycles. The van der Waals surface area contributed by atoms with Gasteiger partial charge in [0.1, 0.15) is 0 Å². The summed E-state index contributed by atoms with van der Waals surface area (Å²) < 4.78 is 4.70. The van der Waals surface area contributed by atoms with E-state index in [2.05, 4.69) is 5.32 Å². The summed E-state index contributed by atoms with van der Waals surface area (Å²) in [5, 5.41) is 2.97. The maximum absolute atomic E-state index is 12.4. The number of ketones is 1. The topological polar surface area (TPSA) is 75.7 Å². The molecule has 1 aliphatic carbocycles. The minimum absolute atomic E-state index is 0.0235. The van der Waals surface area contributed by atoms with Crippen molar-refractivity contribution in [1.29, 1.82) is 0 Å². The number of piperidine rings is 1. The van der Waals surface area contributed by atoms with Crippen molar-refractivity contribution in [3.05, 3.63) is 34.9 Å². The molecule has 0 spiro atoms. The second-order valence-electron chi connectivity index (χ2n) is 7.06. The second-order valence-corrected chi connectivity index (χ2v) is 7.06. The molecule has 3 rings (SSSR count). The van der Waals surface area contributed by atoms with Crippen LogP contribution in [0.3, 0.4) is 0 Å². The van der Waals surface area contributed by atoms with Crippen LogP contribution >= 0.6 is 0 Å². The molecule has 1 heterocycles. The number of Topliss-reactive ketones (excluding diaryl/α,β-unsaturated/α-hetero) is 1.